The smallest absolute Gasteiger partial charge is 0.251 e. The molecular weight excluding hydrogens is 271 g/mol. The van der Waals surface area contributed by atoms with Gasteiger partial charge in [0.05, 0.1) is 6.42 Å². The van der Waals surface area contributed by atoms with Gasteiger partial charge in [-0.1, -0.05) is 12.1 Å². The van der Waals surface area contributed by atoms with Crippen LogP contribution in [0.2, 0.25) is 0 Å². The molecule has 2 amide bonds. The van der Waals surface area contributed by atoms with E-state index in [4.69, 9.17) is 0 Å². The van der Waals surface area contributed by atoms with Gasteiger partial charge < -0.3 is 10.6 Å². The lowest BCUT2D eigenvalue weighted by molar-refractivity contribution is -0.115. The van der Waals surface area contributed by atoms with Crippen LogP contribution in [0, 0.1) is 5.82 Å². The highest BCUT2D eigenvalue weighted by molar-refractivity contribution is 5.96. The van der Waals surface area contributed by atoms with Crippen LogP contribution in [0.25, 0.3) is 0 Å². The monoisotopic (exact) mass is 286 g/mol. The first-order valence-corrected chi connectivity index (χ1v) is 6.45. The Kier molecular flexibility index (Phi) is 4.66. The van der Waals surface area contributed by atoms with E-state index in [0.29, 0.717) is 16.8 Å². The summed E-state index contributed by atoms with van der Waals surface area (Å²) in [6.07, 6.45) is 0.0922. The molecule has 0 bridgehead atoms. The molecule has 0 atom stereocenters. The van der Waals surface area contributed by atoms with Crippen molar-refractivity contribution in [2.75, 3.05) is 12.4 Å². The van der Waals surface area contributed by atoms with Crippen molar-refractivity contribution in [2.24, 2.45) is 0 Å². The maximum Gasteiger partial charge on any atom is 0.251 e. The lowest BCUT2D eigenvalue weighted by Gasteiger charge is -2.06. The predicted molar refractivity (Wildman–Crippen MR) is 78.6 cm³/mol. The third-order valence-corrected chi connectivity index (χ3v) is 2.91. The lowest BCUT2D eigenvalue weighted by Crippen LogP contribution is -2.18. The molecule has 0 aliphatic carbocycles. The highest BCUT2D eigenvalue weighted by Gasteiger charge is 2.06. The average Bonchev–Trinajstić information content (AvgIpc) is 2.47. The van der Waals surface area contributed by atoms with E-state index < -0.39 is 0 Å². The highest BCUT2D eigenvalue weighted by Crippen LogP contribution is 2.11. The predicted octanol–water partition coefficient (Wildman–Crippen LogP) is 2.37. The van der Waals surface area contributed by atoms with Gasteiger partial charge in [-0.05, 0) is 42.0 Å². The van der Waals surface area contributed by atoms with Gasteiger partial charge in [0.25, 0.3) is 5.91 Å². The second-order valence-electron chi connectivity index (χ2n) is 4.51. The third kappa shape index (κ3) is 4.14. The molecule has 0 saturated carbocycles. The van der Waals surface area contributed by atoms with Crippen molar-refractivity contribution in [1.82, 2.24) is 5.32 Å². The average molecular weight is 286 g/mol. The summed E-state index contributed by atoms with van der Waals surface area (Å²) >= 11 is 0. The molecule has 0 unspecified atom stereocenters. The zero-order valence-electron chi connectivity index (χ0n) is 11.5. The van der Waals surface area contributed by atoms with Gasteiger partial charge in [0.2, 0.25) is 5.91 Å². The molecule has 2 rings (SSSR count). The molecule has 0 radical (unpaired) electrons. The molecule has 0 saturated heterocycles. The van der Waals surface area contributed by atoms with Crippen LogP contribution in [-0.4, -0.2) is 18.9 Å². The molecule has 21 heavy (non-hydrogen) atoms. The fourth-order valence-electron chi connectivity index (χ4n) is 1.89. The number of halogens is 1. The molecule has 2 aromatic rings. The van der Waals surface area contributed by atoms with Crippen molar-refractivity contribution in [3.63, 3.8) is 0 Å². The van der Waals surface area contributed by atoms with Crippen molar-refractivity contribution in [3.8, 4) is 0 Å². The number of hydrogen-bond donors (Lipinski definition) is 2. The van der Waals surface area contributed by atoms with Gasteiger partial charge in [-0.15, -0.1) is 0 Å². The minimum atomic E-state index is -0.366. The van der Waals surface area contributed by atoms with Gasteiger partial charge in [-0.2, -0.15) is 0 Å². The number of nitrogens with one attached hydrogen (secondary N) is 2. The molecule has 0 spiro atoms. The van der Waals surface area contributed by atoms with Crippen LogP contribution in [0.5, 0.6) is 0 Å². The van der Waals surface area contributed by atoms with Gasteiger partial charge in [0, 0.05) is 18.3 Å². The maximum absolute atomic E-state index is 13.0. The molecule has 2 aromatic carbocycles. The largest absolute Gasteiger partial charge is 0.355 e. The van der Waals surface area contributed by atoms with Crippen molar-refractivity contribution < 1.29 is 14.0 Å². The second-order valence-corrected chi connectivity index (χ2v) is 4.51. The molecule has 0 heterocycles. The molecule has 0 aliphatic rings. The van der Waals surface area contributed by atoms with E-state index in [-0.39, 0.29) is 24.1 Å². The summed E-state index contributed by atoms with van der Waals surface area (Å²) in [6.45, 7) is 0. The van der Waals surface area contributed by atoms with Crippen LogP contribution < -0.4 is 10.6 Å². The SMILES string of the molecule is CNC(=O)c1ccc(NC(=O)Cc2cccc(F)c2)cc1. The van der Waals surface area contributed by atoms with Crippen LogP contribution in [0.4, 0.5) is 10.1 Å². The lowest BCUT2D eigenvalue weighted by atomic mass is 10.1. The van der Waals surface area contributed by atoms with E-state index in [2.05, 4.69) is 10.6 Å². The van der Waals surface area contributed by atoms with Crippen LogP contribution in [0.1, 0.15) is 15.9 Å². The van der Waals surface area contributed by atoms with Gasteiger partial charge >= 0.3 is 0 Å². The van der Waals surface area contributed by atoms with Crippen LogP contribution in [0.3, 0.4) is 0 Å². The van der Waals surface area contributed by atoms with Gasteiger partial charge in [0.1, 0.15) is 5.82 Å². The van der Waals surface area contributed by atoms with Crippen molar-refractivity contribution in [3.05, 3.63) is 65.5 Å². The Bertz CT molecular complexity index is 654. The highest BCUT2D eigenvalue weighted by atomic mass is 19.1. The van der Waals surface area contributed by atoms with Gasteiger partial charge in [-0.3, -0.25) is 9.59 Å². The standard InChI is InChI=1S/C16H15FN2O2/c1-18-16(21)12-5-7-14(8-6-12)19-15(20)10-11-3-2-4-13(17)9-11/h2-9H,10H2,1H3,(H,18,21)(H,19,20). The Morgan fingerprint density at radius 3 is 2.43 bits per heavy atom. The Labute approximate surface area is 122 Å². The van der Waals surface area contributed by atoms with Gasteiger partial charge in [-0.25, -0.2) is 4.39 Å². The number of anilines is 1. The quantitative estimate of drug-likeness (QED) is 0.906. The van der Waals surface area contributed by atoms with Crippen LogP contribution in [-0.2, 0) is 11.2 Å². The van der Waals surface area contributed by atoms with Gasteiger partial charge in [0.15, 0.2) is 0 Å². The van der Waals surface area contributed by atoms with Crippen LogP contribution >= 0.6 is 0 Å². The number of carbonyl (C=O) groups excluding carboxylic acids is 2. The number of amides is 2. The summed E-state index contributed by atoms with van der Waals surface area (Å²) in [5.41, 5.74) is 1.71. The van der Waals surface area contributed by atoms with Crippen molar-refractivity contribution in [1.29, 1.82) is 0 Å². The summed E-state index contributed by atoms with van der Waals surface area (Å²) in [7, 11) is 1.55. The molecule has 2 N–H and O–H groups in total. The van der Waals surface area contributed by atoms with E-state index >= 15 is 0 Å². The summed E-state index contributed by atoms with van der Waals surface area (Å²) in [4.78, 5) is 23.2. The number of benzene rings is 2. The van der Waals surface area contributed by atoms with E-state index in [1.54, 1.807) is 43.4 Å². The fourth-order valence-corrected chi connectivity index (χ4v) is 1.89. The van der Waals surface area contributed by atoms with Crippen LogP contribution in [0.15, 0.2) is 48.5 Å². The zero-order chi connectivity index (χ0) is 15.2. The second kappa shape index (κ2) is 6.65. The first-order valence-electron chi connectivity index (χ1n) is 6.45. The summed E-state index contributed by atoms with van der Waals surface area (Å²) < 4.78 is 13.0. The summed E-state index contributed by atoms with van der Waals surface area (Å²) in [5, 5.41) is 5.22. The Balaban J connectivity index is 1.98. The zero-order valence-corrected chi connectivity index (χ0v) is 11.5. The topological polar surface area (TPSA) is 58.2 Å². The van der Waals surface area contributed by atoms with E-state index in [0.717, 1.165) is 0 Å². The maximum atomic E-state index is 13.0. The van der Waals surface area contributed by atoms with Crippen molar-refractivity contribution >= 4 is 17.5 Å². The summed E-state index contributed by atoms with van der Waals surface area (Å²) in [6, 6.07) is 12.5. The molecular formula is C16H15FN2O2. The number of hydrogen-bond acceptors (Lipinski definition) is 2. The third-order valence-electron chi connectivity index (χ3n) is 2.91. The van der Waals surface area contributed by atoms with E-state index in [1.807, 2.05) is 0 Å². The van der Waals surface area contributed by atoms with Crippen molar-refractivity contribution in [2.45, 2.75) is 6.42 Å². The molecule has 0 fully saturated rings. The number of rotatable bonds is 4. The Morgan fingerprint density at radius 1 is 1.10 bits per heavy atom. The molecule has 0 aromatic heterocycles. The fraction of sp³-hybridized carbons (Fsp3) is 0.125. The first kappa shape index (κ1) is 14.7. The minimum Gasteiger partial charge on any atom is -0.355 e. The molecule has 0 aliphatic heterocycles. The van der Waals surface area contributed by atoms with E-state index in [9.17, 15) is 14.0 Å². The normalized spacial score (nSPS) is 10.0. The number of carbonyl (C=O) groups is 2. The first-order chi connectivity index (χ1) is 10.1. The minimum absolute atomic E-state index is 0.0922. The Hall–Kier alpha value is -2.69. The molecule has 4 nitrogen and oxygen atoms in total. The van der Waals surface area contributed by atoms with E-state index in [1.165, 1.54) is 12.1 Å². The summed E-state index contributed by atoms with van der Waals surface area (Å²) in [5.74, 6) is -0.795. The Morgan fingerprint density at radius 2 is 1.81 bits per heavy atom. The molecule has 5 heteroatoms. The molecule has 108 valence electrons.